The van der Waals surface area contributed by atoms with Crippen LogP contribution in [0.3, 0.4) is 0 Å². The highest BCUT2D eigenvalue weighted by Gasteiger charge is 2.05. The molecule has 1 atom stereocenters. The monoisotopic (exact) mass is 327 g/mol. The molecule has 0 saturated heterocycles. The zero-order valence-electron chi connectivity index (χ0n) is 12.5. The second kappa shape index (κ2) is 8.60. The fourth-order valence-corrected chi connectivity index (χ4v) is 2.13. The van der Waals surface area contributed by atoms with E-state index in [0.29, 0.717) is 0 Å². The van der Waals surface area contributed by atoms with Gasteiger partial charge in [-0.2, -0.15) is 0 Å². The van der Waals surface area contributed by atoms with Gasteiger partial charge in [-0.25, -0.2) is 0 Å². The van der Waals surface area contributed by atoms with Gasteiger partial charge in [0.05, 0.1) is 6.10 Å². The maximum Gasteiger partial charge on any atom is 0.120 e. The minimum atomic E-state index is 0.265. The average Bonchev–Trinajstić information content (AvgIpc) is 2.33. The zero-order valence-corrected chi connectivity index (χ0v) is 14.1. The predicted molar refractivity (Wildman–Crippen MR) is 85.9 cm³/mol. The maximum absolute atomic E-state index is 5.93. The number of hydrogen-bond donors (Lipinski definition) is 1. The third-order valence-corrected chi connectivity index (χ3v) is 3.87. The van der Waals surface area contributed by atoms with Gasteiger partial charge in [0.25, 0.3) is 0 Å². The molecule has 1 unspecified atom stereocenters. The molecule has 108 valence electrons. The molecule has 0 aliphatic heterocycles. The third-order valence-electron chi connectivity index (χ3n) is 2.98. The summed E-state index contributed by atoms with van der Waals surface area (Å²) < 4.78 is 7.06. The van der Waals surface area contributed by atoms with E-state index in [1.165, 1.54) is 5.56 Å². The van der Waals surface area contributed by atoms with E-state index in [-0.39, 0.29) is 6.10 Å². The van der Waals surface area contributed by atoms with Crippen molar-refractivity contribution in [2.75, 3.05) is 13.1 Å². The molecule has 1 aromatic rings. The van der Waals surface area contributed by atoms with Gasteiger partial charge < -0.3 is 10.1 Å². The Balaban J connectivity index is 2.23. The van der Waals surface area contributed by atoms with Crippen LogP contribution < -0.4 is 10.1 Å². The summed E-state index contributed by atoms with van der Waals surface area (Å²) in [6, 6.07) is 6.14. The summed E-state index contributed by atoms with van der Waals surface area (Å²) in [5, 5.41) is 3.46. The summed E-state index contributed by atoms with van der Waals surface area (Å²) in [5.41, 5.74) is 1.21. The van der Waals surface area contributed by atoms with Crippen molar-refractivity contribution in [2.45, 2.75) is 46.6 Å². The molecule has 0 spiro atoms. The molecule has 0 saturated carbocycles. The van der Waals surface area contributed by atoms with Crippen molar-refractivity contribution in [3.05, 3.63) is 28.2 Å². The highest BCUT2D eigenvalue weighted by molar-refractivity contribution is 9.10. The Bertz CT molecular complexity index is 379. The van der Waals surface area contributed by atoms with E-state index in [1.54, 1.807) is 0 Å². The second-order valence-corrected chi connectivity index (χ2v) is 6.43. The van der Waals surface area contributed by atoms with Gasteiger partial charge >= 0.3 is 0 Å². The highest BCUT2D eigenvalue weighted by Crippen LogP contribution is 2.22. The van der Waals surface area contributed by atoms with Crippen molar-refractivity contribution in [1.82, 2.24) is 5.32 Å². The normalized spacial score (nSPS) is 12.7. The Labute approximate surface area is 126 Å². The lowest BCUT2D eigenvalue weighted by Gasteiger charge is -2.16. The minimum Gasteiger partial charge on any atom is -0.491 e. The molecule has 2 nitrogen and oxygen atoms in total. The van der Waals surface area contributed by atoms with Crippen LogP contribution in [0.15, 0.2) is 22.7 Å². The molecule has 0 heterocycles. The standard InChI is InChI=1S/C16H26BrNO/c1-12(2)11-18-9-5-6-14(4)19-15-7-8-16(17)13(3)10-15/h7-8,10,12,14,18H,5-6,9,11H2,1-4H3. The predicted octanol–water partition coefficient (Wildman–Crippen LogP) is 4.55. The van der Waals surface area contributed by atoms with Crippen molar-refractivity contribution in [1.29, 1.82) is 0 Å². The summed E-state index contributed by atoms with van der Waals surface area (Å²) in [6.07, 6.45) is 2.50. The summed E-state index contributed by atoms with van der Waals surface area (Å²) in [7, 11) is 0. The summed E-state index contributed by atoms with van der Waals surface area (Å²) in [4.78, 5) is 0. The molecular formula is C16H26BrNO. The molecule has 0 radical (unpaired) electrons. The fraction of sp³-hybridized carbons (Fsp3) is 0.625. The van der Waals surface area contributed by atoms with Gasteiger partial charge in [-0.1, -0.05) is 29.8 Å². The first kappa shape index (κ1) is 16.5. The van der Waals surface area contributed by atoms with Crippen LogP contribution in [0.25, 0.3) is 0 Å². The Morgan fingerprint density at radius 1 is 1.26 bits per heavy atom. The van der Waals surface area contributed by atoms with E-state index < -0.39 is 0 Å². The highest BCUT2D eigenvalue weighted by atomic mass is 79.9. The van der Waals surface area contributed by atoms with E-state index >= 15 is 0 Å². The SMILES string of the molecule is Cc1cc(OC(C)CCCNCC(C)C)ccc1Br. The third kappa shape index (κ3) is 6.98. The molecule has 0 aliphatic carbocycles. The number of aryl methyl sites for hydroxylation is 1. The number of hydrogen-bond acceptors (Lipinski definition) is 2. The van der Waals surface area contributed by atoms with Gasteiger partial charge in [0.2, 0.25) is 0 Å². The van der Waals surface area contributed by atoms with Crippen LogP contribution in [0.2, 0.25) is 0 Å². The number of ether oxygens (including phenoxy) is 1. The van der Waals surface area contributed by atoms with Crippen molar-refractivity contribution in [3.63, 3.8) is 0 Å². The minimum absolute atomic E-state index is 0.265. The molecule has 1 rings (SSSR count). The van der Waals surface area contributed by atoms with Gasteiger partial charge in [-0.15, -0.1) is 0 Å². The summed E-state index contributed by atoms with van der Waals surface area (Å²) >= 11 is 3.50. The fourth-order valence-electron chi connectivity index (χ4n) is 1.89. The quantitative estimate of drug-likeness (QED) is 0.707. The van der Waals surface area contributed by atoms with Crippen molar-refractivity contribution in [2.24, 2.45) is 5.92 Å². The zero-order chi connectivity index (χ0) is 14.3. The lowest BCUT2D eigenvalue weighted by atomic mass is 10.2. The van der Waals surface area contributed by atoms with E-state index in [0.717, 1.165) is 42.1 Å². The molecule has 3 heteroatoms. The first-order valence-electron chi connectivity index (χ1n) is 7.12. The van der Waals surface area contributed by atoms with Crippen LogP contribution in [-0.2, 0) is 0 Å². The molecule has 0 fully saturated rings. The van der Waals surface area contributed by atoms with Gasteiger partial charge in [0.15, 0.2) is 0 Å². The van der Waals surface area contributed by atoms with E-state index in [9.17, 15) is 0 Å². The molecule has 19 heavy (non-hydrogen) atoms. The van der Waals surface area contributed by atoms with Gasteiger partial charge in [0, 0.05) is 4.47 Å². The molecule has 1 N–H and O–H groups in total. The molecule has 0 aliphatic rings. The number of benzene rings is 1. The van der Waals surface area contributed by atoms with E-state index in [1.807, 2.05) is 12.1 Å². The molecule has 0 aromatic heterocycles. The molecule has 0 amide bonds. The van der Waals surface area contributed by atoms with E-state index in [4.69, 9.17) is 4.74 Å². The van der Waals surface area contributed by atoms with Crippen molar-refractivity contribution < 1.29 is 4.74 Å². The summed E-state index contributed by atoms with van der Waals surface area (Å²) in [5.74, 6) is 1.68. The Hall–Kier alpha value is -0.540. The Morgan fingerprint density at radius 3 is 2.63 bits per heavy atom. The van der Waals surface area contributed by atoms with Gasteiger partial charge in [-0.3, -0.25) is 0 Å². The second-order valence-electron chi connectivity index (χ2n) is 5.58. The summed E-state index contributed by atoms with van der Waals surface area (Å²) in [6.45, 7) is 10.9. The molecule has 1 aromatic carbocycles. The van der Waals surface area contributed by atoms with Gasteiger partial charge in [0.1, 0.15) is 5.75 Å². The van der Waals surface area contributed by atoms with Crippen LogP contribution in [0, 0.1) is 12.8 Å². The van der Waals surface area contributed by atoms with Crippen LogP contribution >= 0.6 is 15.9 Å². The number of rotatable bonds is 8. The van der Waals surface area contributed by atoms with Crippen molar-refractivity contribution in [3.8, 4) is 5.75 Å². The average molecular weight is 328 g/mol. The first-order valence-corrected chi connectivity index (χ1v) is 7.92. The Kier molecular flexibility index (Phi) is 7.47. The van der Waals surface area contributed by atoms with Crippen LogP contribution in [0.1, 0.15) is 39.2 Å². The molecule has 0 bridgehead atoms. The van der Waals surface area contributed by atoms with Gasteiger partial charge in [-0.05, 0) is 69.5 Å². The number of halogens is 1. The lowest BCUT2D eigenvalue weighted by Crippen LogP contribution is -2.22. The lowest BCUT2D eigenvalue weighted by molar-refractivity contribution is 0.207. The van der Waals surface area contributed by atoms with Crippen LogP contribution in [0.4, 0.5) is 0 Å². The topological polar surface area (TPSA) is 21.3 Å². The van der Waals surface area contributed by atoms with Crippen LogP contribution in [-0.4, -0.2) is 19.2 Å². The van der Waals surface area contributed by atoms with E-state index in [2.05, 4.69) is 55.0 Å². The first-order chi connectivity index (χ1) is 8.99. The largest absolute Gasteiger partial charge is 0.491 e. The maximum atomic E-state index is 5.93. The number of nitrogens with one attached hydrogen (secondary N) is 1. The van der Waals surface area contributed by atoms with Crippen molar-refractivity contribution >= 4 is 15.9 Å². The molecular weight excluding hydrogens is 302 g/mol. The van der Waals surface area contributed by atoms with Crippen LogP contribution in [0.5, 0.6) is 5.75 Å². The Morgan fingerprint density at radius 2 is 2.00 bits per heavy atom. The smallest absolute Gasteiger partial charge is 0.120 e.